The third-order valence-corrected chi connectivity index (χ3v) is 10.9. The van der Waals surface area contributed by atoms with Gasteiger partial charge in [0.15, 0.2) is 0 Å². The summed E-state index contributed by atoms with van der Waals surface area (Å²) in [6.45, 7) is 8.40. The molecule has 0 bridgehead atoms. The average molecular weight is 537 g/mol. The van der Waals surface area contributed by atoms with Crippen LogP contribution < -0.4 is 10.7 Å². The third-order valence-electron chi connectivity index (χ3n) is 9.19. The maximum Gasteiger partial charge on any atom is 0.494 e. The molecule has 4 aromatic carbocycles. The molecule has 0 atom stereocenters. The van der Waals surface area contributed by atoms with E-state index in [1.165, 1.54) is 43.1 Å². The molecular formula is C36H33BO2Si. The van der Waals surface area contributed by atoms with Gasteiger partial charge in [-0.05, 0) is 76.2 Å². The van der Waals surface area contributed by atoms with E-state index in [4.69, 9.17) is 9.31 Å². The zero-order valence-electron chi connectivity index (χ0n) is 23.5. The van der Waals surface area contributed by atoms with Crippen LogP contribution >= 0.6 is 0 Å². The molecule has 7 rings (SSSR count). The Morgan fingerprint density at radius 2 is 1.25 bits per heavy atom. The fraction of sp³-hybridized carbons (Fsp3) is 0.194. The molecule has 0 radical (unpaired) electrons. The first-order chi connectivity index (χ1) is 19.3. The van der Waals surface area contributed by atoms with Crippen molar-refractivity contribution < 1.29 is 9.31 Å². The maximum absolute atomic E-state index is 6.30. The van der Waals surface area contributed by atoms with Crippen LogP contribution in [0.3, 0.4) is 0 Å². The van der Waals surface area contributed by atoms with Crippen molar-refractivity contribution in [3.8, 4) is 11.1 Å². The van der Waals surface area contributed by atoms with E-state index >= 15 is 0 Å². The van der Waals surface area contributed by atoms with Gasteiger partial charge in [0.1, 0.15) is 0 Å². The summed E-state index contributed by atoms with van der Waals surface area (Å²) in [5, 5.41) is 2.86. The summed E-state index contributed by atoms with van der Waals surface area (Å²) >= 11 is 0. The van der Waals surface area contributed by atoms with Gasteiger partial charge in [0, 0.05) is 9.13 Å². The number of rotatable bonds is 4. The Bertz CT molecular complexity index is 1730. The molecule has 4 aromatic rings. The molecule has 0 amide bonds. The molecule has 1 fully saturated rings. The molecule has 4 heteroatoms. The SMILES string of the molecule is CC1(C)OB(c2ccc(-c3cccc4c3=[SiH]C3=CC=CC(c5ccccc5)(c5ccccc5)C=43)cc2)OC1(C)C. The molecule has 40 heavy (non-hydrogen) atoms. The minimum absolute atomic E-state index is 0.0412. The van der Waals surface area contributed by atoms with Crippen LogP contribution in [0.25, 0.3) is 16.7 Å². The predicted octanol–water partition coefficient (Wildman–Crippen LogP) is 5.94. The van der Waals surface area contributed by atoms with Crippen LogP contribution in [0.4, 0.5) is 0 Å². The van der Waals surface area contributed by atoms with Crippen LogP contribution in [-0.4, -0.2) is 27.5 Å². The summed E-state index contributed by atoms with van der Waals surface area (Å²) in [5.41, 5.74) is 6.67. The number of allylic oxidation sites excluding steroid dienone is 4. The van der Waals surface area contributed by atoms with Crippen LogP contribution in [0.2, 0.25) is 0 Å². The standard InChI is InChI=1S/C36H33BO2Si/c1-34(2)35(3,4)39-37(38-34)28-22-20-25(21-23-28)29-17-11-18-30-32-31(40-33(29)30)19-12-24-36(32,26-13-7-5-8-14-26)27-15-9-6-10-16-27/h5-24,40H,1-4H3. The van der Waals surface area contributed by atoms with E-state index in [1.807, 2.05) is 0 Å². The third kappa shape index (κ3) is 3.82. The second-order valence-electron chi connectivity index (χ2n) is 12.0. The second-order valence-corrected chi connectivity index (χ2v) is 13.5. The Balaban J connectivity index is 1.38. The Labute approximate surface area is 239 Å². The van der Waals surface area contributed by atoms with Crippen molar-refractivity contribution >= 4 is 27.3 Å². The Morgan fingerprint density at radius 3 is 1.85 bits per heavy atom. The fourth-order valence-corrected chi connectivity index (χ4v) is 8.23. The Hall–Kier alpha value is -3.57. The molecular weight excluding hydrogens is 503 g/mol. The summed E-state index contributed by atoms with van der Waals surface area (Å²) < 4.78 is 12.6. The highest BCUT2D eigenvalue weighted by atomic mass is 28.2. The van der Waals surface area contributed by atoms with Crippen LogP contribution in [-0.2, 0) is 14.7 Å². The van der Waals surface area contributed by atoms with Crippen molar-refractivity contribution in [2.75, 3.05) is 0 Å². The zero-order valence-corrected chi connectivity index (χ0v) is 24.7. The predicted molar refractivity (Wildman–Crippen MR) is 167 cm³/mol. The molecule has 1 aliphatic carbocycles. The molecule has 0 N–H and O–H groups in total. The van der Waals surface area contributed by atoms with Gasteiger partial charge in [-0.15, -0.1) is 0 Å². The lowest BCUT2D eigenvalue weighted by Gasteiger charge is -2.37. The van der Waals surface area contributed by atoms with E-state index in [2.05, 4.69) is 149 Å². The molecule has 2 aliphatic heterocycles. The highest BCUT2D eigenvalue weighted by Crippen LogP contribution is 2.47. The van der Waals surface area contributed by atoms with Gasteiger partial charge in [0.25, 0.3) is 0 Å². The highest BCUT2D eigenvalue weighted by molar-refractivity contribution is 6.62. The van der Waals surface area contributed by atoms with Crippen LogP contribution in [0.15, 0.2) is 127 Å². The summed E-state index contributed by atoms with van der Waals surface area (Å²) in [6.07, 6.45) is 7.02. The van der Waals surface area contributed by atoms with Gasteiger partial charge < -0.3 is 9.31 Å². The van der Waals surface area contributed by atoms with E-state index in [-0.39, 0.29) is 32.9 Å². The van der Waals surface area contributed by atoms with Crippen molar-refractivity contribution in [1.29, 1.82) is 0 Å². The number of fused-ring (bicyclic) bond motifs is 2. The van der Waals surface area contributed by atoms with Crippen molar-refractivity contribution in [3.05, 3.63) is 148 Å². The fourth-order valence-electron chi connectivity index (χ4n) is 6.37. The molecule has 2 heterocycles. The zero-order chi connectivity index (χ0) is 27.5. The molecule has 196 valence electrons. The molecule has 2 nitrogen and oxygen atoms in total. The summed E-state index contributed by atoms with van der Waals surface area (Å²) in [5.74, 6) is 0. The molecule has 0 unspecified atom stereocenters. The lowest BCUT2D eigenvalue weighted by atomic mass is 9.66. The molecule has 0 saturated carbocycles. The van der Waals surface area contributed by atoms with Crippen molar-refractivity contribution in [1.82, 2.24) is 0 Å². The Kier molecular flexibility index (Phi) is 5.87. The van der Waals surface area contributed by atoms with Gasteiger partial charge in [-0.1, -0.05) is 121 Å². The minimum atomic E-state index is -0.349. The van der Waals surface area contributed by atoms with E-state index in [0.717, 1.165) is 5.46 Å². The lowest BCUT2D eigenvalue weighted by molar-refractivity contribution is 0.00578. The van der Waals surface area contributed by atoms with Gasteiger partial charge in [-0.2, -0.15) is 0 Å². The van der Waals surface area contributed by atoms with Gasteiger partial charge in [-0.3, -0.25) is 0 Å². The molecule has 0 aromatic heterocycles. The normalized spacial score (nSPS) is 19.6. The monoisotopic (exact) mass is 536 g/mol. The smallest absolute Gasteiger partial charge is 0.399 e. The quantitative estimate of drug-likeness (QED) is 0.301. The molecule has 3 aliphatic rings. The maximum atomic E-state index is 6.30. The van der Waals surface area contributed by atoms with Crippen LogP contribution in [0, 0.1) is 4.81 Å². The van der Waals surface area contributed by atoms with Gasteiger partial charge in [0.05, 0.1) is 16.6 Å². The van der Waals surface area contributed by atoms with E-state index in [1.54, 1.807) is 0 Å². The first-order valence-corrected chi connectivity index (χ1v) is 15.3. The Morgan fingerprint density at radius 1 is 0.650 bits per heavy atom. The summed E-state index contributed by atoms with van der Waals surface area (Å²) in [7, 11) is -0.390. The van der Waals surface area contributed by atoms with E-state index in [0.29, 0.717) is 0 Å². The summed E-state index contributed by atoms with van der Waals surface area (Å²) in [6, 6.07) is 37.6. The molecule has 1 saturated heterocycles. The minimum Gasteiger partial charge on any atom is -0.399 e. The van der Waals surface area contributed by atoms with Crippen LogP contribution in [0.5, 0.6) is 0 Å². The van der Waals surface area contributed by atoms with Crippen molar-refractivity contribution in [2.45, 2.75) is 44.3 Å². The van der Waals surface area contributed by atoms with Gasteiger partial charge >= 0.3 is 7.12 Å². The first kappa shape index (κ1) is 25.4. The number of hydrogen-bond acceptors (Lipinski definition) is 2. The highest BCUT2D eigenvalue weighted by Gasteiger charge is 2.51. The van der Waals surface area contributed by atoms with Gasteiger partial charge in [0.2, 0.25) is 0 Å². The van der Waals surface area contributed by atoms with E-state index < -0.39 is 0 Å². The lowest BCUT2D eigenvalue weighted by Crippen LogP contribution is -2.41. The number of benzene rings is 4. The van der Waals surface area contributed by atoms with Gasteiger partial charge in [-0.25, -0.2) is 0 Å². The van der Waals surface area contributed by atoms with Crippen molar-refractivity contribution in [3.63, 3.8) is 0 Å². The summed E-state index contributed by atoms with van der Waals surface area (Å²) in [4.78, 5) is 1.48. The molecule has 0 spiro atoms. The largest absolute Gasteiger partial charge is 0.494 e. The van der Waals surface area contributed by atoms with Crippen molar-refractivity contribution in [2.24, 2.45) is 0 Å². The first-order valence-electron chi connectivity index (χ1n) is 14.1. The topological polar surface area (TPSA) is 18.5 Å². The van der Waals surface area contributed by atoms with E-state index in [9.17, 15) is 0 Å². The second kappa shape index (κ2) is 9.24. The average Bonchev–Trinajstić information content (AvgIpc) is 3.47. The number of hydrogen-bond donors (Lipinski definition) is 0. The van der Waals surface area contributed by atoms with Crippen LogP contribution in [0.1, 0.15) is 38.8 Å².